The summed E-state index contributed by atoms with van der Waals surface area (Å²) in [6.07, 6.45) is 4.47. The maximum absolute atomic E-state index is 16.4. The maximum Gasteiger partial charge on any atom is 0.407 e. The van der Waals surface area contributed by atoms with Gasteiger partial charge in [0.15, 0.2) is 0 Å². The average Bonchev–Trinajstić information content (AvgIpc) is 4.19. The van der Waals surface area contributed by atoms with Crippen molar-refractivity contribution in [3.8, 4) is 0 Å². The largest absolute Gasteiger partial charge is 0.453 e. The van der Waals surface area contributed by atoms with Crippen molar-refractivity contribution in [1.82, 2.24) is 40.4 Å². The van der Waals surface area contributed by atoms with Crippen molar-refractivity contribution in [2.75, 3.05) is 50.2 Å². The number of methoxy groups -OCH3 is 2. The quantitative estimate of drug-likeness (QED) is 0.0946. The number of alkyl carbamates (subject to hydrolysis) is 2. The first-order valence-corrected chi connectivity index (χ1v) is 24.3. The van der Waals surface area contributed by atoms with Crippen molar-refractivity contribution in [3.63, 3.8) is 0 Å². The molecule has 1 unspecified atom stereocenters. The lowest BCUT2D eigenvalue weighted by Crippen LogP contribution is -2.51. The van der Waals surface area contributed by atoms with E-state index in [4.69, 9.17) is 19.4 Å². The lowest BCUT2D eigenvalue weighted by atomic mass is 10.0. The summed E-state index contributed by atoms with van der Waals surface area (Å²) in [5, 5.41) is 5.46. The summed E-state index contributed by atoms with van der Waals surface area (Å²) in [5.41, 5.74) is 6.82. The fourth-order valence-electron chi connectivity index (χ4n) is 11.1. The molecule has 4 aliphatic rings. The predicted octanol–water partition coefficient (Wildman–Crippen LogP) is 8.60. The highest BCUT2D eigenvalue weighted by atomic mass is 19.1. The first-order valence-electron chi connectivity index (χ1n) is 24.3. The summed E-state index contributed by atoms with van der Waals surface area (Å²) in [6, 6.07) is 16.0. The number of nitrogens with zero attached hydrogens (tertiary/aromatic N) is 6. The van der Waals surface area contributed by atoms with Gasteiger partial charge in [-0.15, -0.1) is 0 Å². The monoisotopic (exact) mass is 933 g/mol. The van der Waals surface area contributed by atoms with E-state index in [2.05, 4.69) is 67.7 Å². The lowest BCUT2D eigenvalue weighted by molar-refractivity contribution is -0.136. The Balaban J connectivity index is 1.02. The number of aromatic amines is 2. The molecule has 4 amide bonds. The molecule has 16 nitrogen and oxygen atoms in total. The third-order valence-corrected chi connectivity index (χ3v) is 14.7. The Labute approximate surface area is 396 Å². The Bertz CT molecular complexity index is 2540. The minimum Gasteiger partial charge on any atom is -0.453 e. The SMILES string of the molecule is COC(=O)N[C@H](C(=O)N1CCC[C@H]1c1nc2ccc([C@H]3CC[C@H](c4ccc5nc([C@@H]6CCCN6C(=O)[C@@H](NC(=O)OC)C(C)C)[nH]c5c4)N3c3ccc(N4CCC(C)C4)c(F)c3)cc2[nH]1)C(C)C. The highest BCUT2D eigenvalue weighted by Crippen LogP contribution is 2.49. The van der Waals surface area contributed by atoms with Gasteiger partial charge in [-0.25, -0.2) is 23.9 Å². The predicted molar refractivity (Wildman–Crippen MR) is 257 cm³/mol. The third-order valence-electron chi connectivity index (χ3n) is 14.7. The lowest BCUT2D eigenvalue weighted by Gasteiger charge is -2.34. The van der Waals surface area contributed by atoms with Crippen molar-refractivity contribution >= 4 is 57.4 Å². The van der Waals surface area contributed by atoms with Gasteiger partial charge in [0.05, 0.1) is 66.1 Å². The van der Waals surface area contributed by atoms with Crippen LogP contribution in [0.2, 0.25) is 0 Å². The molecule has 0 radical (unpaired) electrons. The summed E-state index contributed by atoms with van der Waals surface area (Å²) in [7, 11) is 2.58. The Morgan fingerprint density at radius 1 is 0.662 bits per heavy atom. The normalized spacial score (nSPS) is 22.8. The molecule has 0 spiro atoms. The van der Waals surface area contributed by atoms with Gasteiger partial charge in [0, 0.05) is 31.9 Å². The van der Waals surface area contributed by atoms with E-state index in [-0.39, 0.29) is 53.6 Å². The number of H-pyrrole nitrogens is 2. The number of amides is 4. The second-order valence-corrected chi connectivity index (χ2v) is 19.9. The van der Waals surface area contributed by atoms with Crippen molar-refractivity contribution < 1.29 is 33.0 Å². The number of likely N-dealkylation sites (tertiary alicyclic amines) is 2. The second kappa shape index (κ2) is 19.3. The molecule has 68 heavy (non-hydrogen) atoms. The van der Waals surface area contributed by atoms with Gasteiger partial charge in [-0.05, 0) is 116 Å². The van der Waals surface area contributed by atoms with Crippen LogP contribution in [-0.2, 0) is 19.1 Å². The van der Waals surface area contributed by atoms with Crippen molar-refractivity contribution in [3.05, 3.63) is 83.2 Å². The fourth-order valence-corrected chi connectivity index (χ4v) is 11.1. The molecule has 0 aliphatic carbocycles. The molecular formula is C51H65FN10O6. The maximum atomic E-state index is 16.4. The zero-order valence-corrected chi connectivity index (χ0v) is 40.2. The van der Waals surface area contributed by atoms with Crippen LogP contribution in [0.1, 0.15) is 127 Å². The highest BCUT2D eigenvalue weighted by Gasteiger charge is 2.41. The van der Waals surface area contributed by atoms with E-state index in [9.17, 15) is 19.2 Å². The minimum absolute atomic E-state index is 0.104. The number of hydrogen-bond acceptors (Lipinski definition) is 10. The summed E-state index contributed by atoms with van der Waals surface area (Å²) in [4.78, 5) is 77.5. The summed E-state index contributed by atoms with van der Waals surface area (Å²) >= 11 is 0. The van der Waals surface area contributed by atoms with Crippen LogP contribution in [0.15, 0.2) is 54.6 Å². The number of halogens is 1. The van der Waals surface area contributed by atoms with Gasteiger partial charge in [0.1, 0.15) is 29.5 Å². The molecule has 7 atom stereocenters. The number of anilines is 2. The molecule has 9 rings (SSSR count). The van der Waals surface area contributed by atoms with Crippen LogP contribution >= 0.6 is 0 Å². The van der Waals surface area contributed by atoms with Gasteiger partial charge in [-0.1, -0.05) is 46.8 Å². The number of imidazole rings is 2. The van der Waals surface area contributed by atoms with E-state index in [0.717, 1.165) is 96.9 Å². The number of nitrogens with one attached hydrogen (secondary N) is 4. The highest BCUT2D eigenvalue weighted by molar-refractivity contribution is 5.88. The number of rotatable bonds is 12. The van der Waals surface area contributed by atoms with Crippen LogP contribution in [0.4, 0.5) is 25.4 Å². The second-order valence-electron chi connectivity index (χ2n) is 19.9. The Kier molecular flexibility index (Phi) is 13.3. The van der Waals surface area contributed by atoms with Crippen LogP contribution in [0.25, 0.3) is 22.1 Å². The average molecular weight is 933 g/mol. The van der Waals surface area contributed by atoms with E-state index in [1.165, 1.54) is 14.2 Å². The molecule has 0 bridgehead atoms. The van der Waals surface area contributed by atoms with Gasteiger partial charge in [-0.2, -0.15) is 0 Å². The number of aromatic nitrogens is 4. The van der Waals surface area contributed by atoms with Crippen LogP contribution in [-0.4, -0.2) is 106 Å². The molecule has 362 valence electrons. The zero-order chi connectivity index (χ0) is 48.0. The Morgan fingerprint density at radius 2 is 1.16 bits per heavy atom. The number of fused-ring (bicyclic) bond motifs is 2. The molecular weight excluding hydrogens is 868 g/mol. The van der Waals surface area contributed by atoms with Gasteiger partial charge >= 0.3 is 12.2 Å². The van der Waals surface area contributed by atoms with Gasteiger partial charge < -0.3 is 49.7 Å². The minimum atomic E-state index is -0.733. The summed E-state index contributed by atoms with van der Waals surface area (Å²) < 4.78 is 26.0. The molecule has 2 aromatic heterocycles. The van der Waals surface area contributed by atoms with Crippen LogP contribution in [0.3, 0.4) is 0 Å². The van der Waals surface area contributed by atoms with E-state index >= 15 is 4.39 Å². The molecule has 4 N–H and O–H groups in total. The van der Waals surface area contributed by atoms with E-state index in [0.29, 0.717) is 36.3 Å². The number of benzene rings is 3. The van der Waals surface area contributed by atoms with E-state index in [1.54, 1.807) is 6.07 Å². The van der Waals surface area contributed by atoms with Crippen LogP contribution in [0, 0.1) is 23.6 Å². The van der Waals surface area contributed by atoms with Crippen molar-refractivity contribution in [2.45, 2.75) is 116 Å². The van der Waals surface area contributed by atoms with Gasteiger partial charge in [-0.3, -0.25) is 9.59 Å². The van der Waals surface area contributed by atoms with Gasteiger partial charge in [0.25, 0.3) is 0 Å². The smallest absolute Gasteiger partial charge is 0.407 e. The summed E-state index contributed by atoms with van der Waals surface area (Å²) in [5.74, 6) is 1.06. The first kappa shape index (κ1) is 46.7. The Morgan fingerprint density at radius 3 is 1.59 bits per heavy atom. The number of hydrogen-bond donors (Lipinski definition) is 4. The van der Waals surface area contributed by atoms with Crippen molar-refractivity contribution in [2.24, 2.45) is 17.8 Å². The van der Waals surface area contributed by atoms with Crippen LogP contribution in [0.5, 0.6) is 0 Å². The summed E-state index contributed by atoms with van der Waals surface area (Å²) in [6.45, 7) is 12.6. The Hall–Kier alpha value is -6.39. The number of ether oxygens (including phenoxy) is 2. The molecule has 5 aromatic rings. The first-order chi connectivity index (χ1) is 32.7. The van der Waals surface area contributed by atoms with E-state index in [1.807, 2.05) is 55.7 Å². The third kappa shape index (κ3) is 9.03. The van der Waals surface area contributed by atoms with Gasteiger partial charge in [0.2, 0.25) is 11.8 Å². The number of carbonyl (C=O) groups excluding carboxylic acids is 4. The fraction of sp³-hybridized carbons (Fsp3) is 0.529. The van der Waals surface area contributed by atoms with Crippen LogP contribution < -0.4 is 20.4 Å². The zero-order valence-electron chi connectivity index (χ0n) is 40.2. The number of carbonyl (C=O) groups is 4. The molecule has 6 heterocycles. The standard InChI is InChI=1S/C51H65FN10O6/c1-28(2)44(57-50(65)67-6)48(63)60-21-8-10-42(60)46-53-35-15-12-31(24-37(35)55-46)39-18-19-40(62(39)33-14-17-41(34(52)26-33)59-23-20-30(5)27-59)32-13-16-36-38(25-32)56-47(54-36)43-11-9-22-61(43)49(64)45(29(3)4)58-51(66)68-7/h12-17,24-26,28-30,39-40,42-45H,8-11,18-23,27H2,1-7H3,(H,53,55)(H,54,56)(H,57,65)(H,58,66)/t30?,39-,40-,42+,43+,44+,45+/m1/s1. The topological polar surface area (TPSA) is 181 Å². The van der Waals surface area contributed by atoms with Crippen molar-refractivity contribution in [1.29, 1.82) is 0 Å². The molecule has 4 saturated heterocycles. The molecule has 3 aromatic carbocycles. The molecule has 4 fully saturated rings. The van der Waals surface area contributed by atoms with E-state index < -0.39 is 24.3 Å². The molecule has 0 saturated carbocycles. The molecule has 4 aliphatic heterocycles. The molecule has 17 heteroatoms.